The van der Waals surface area contributed by atoms with Gasteiger partial charge in [0.2, 0.25) is 0 Å². The van der Waals surface area contributed by atoms with E-state index in [0.717, 1.165) is 45.3 Å². The smallest absolute Gasteiger partial charge is 0.308 e. The van der Waals surface area contributed by atoms with E-state index < -0.39 is 0 Å². The van der Waals surface area contributed by atoms with Gasteiger partial charge in [-0.3, -0.25) is 4.79 Å². The van der Waals surface area contributed by atoms with Crippen LogP contribution in [-0.4, -0.2) is 48.8 Å². The van der Waals surface area contributed by atoms with Gasteiger partial charge in [-0.25, -0.2) is 0 Å². The molecule has 292 valence electrons. The predicted molar refractivity (Wildman–Crippen MR) is 216 cm³/mol. The molecule has 0 spiro atoms. The van der Waals surface area contributed by atoms with E-state index in [1.165, 1.54) is 186 Å². The van der Waals surface area contributed by atoms with E-state index in [2.05, 4.69) is 37.8 Å². The Labute approximate surface area is 308 Å². The van der Waals surface area contributed by atoms with Crippen LogP contribution >= 0.6 is 0 Å². The predicted octanol–water partition coefficient (Wildman–Crippen LogP) is 13.9. The summed E-state index contributed by atoms with van der Waals surface area (Å²) in [6, 6.07) is 0. The number of esters is 1. The molecule has 0 atom stereocenters. The standard InChI is InChI=1S/C45H89NO3/c1-4-7-10-13-16-17-18-19-20-21-22-23-24-25-29-34-39-46(41-42-47)40-35-30-26-31-36-43-49-45(48)44(37-32-27-14-11-8-5-2)38-33-28-15-12-9-6-3/h19-20,44,47H,4-18,21-43H2,1-3H3/b20-19-. The van der Waals surface area contributed by atoms with Crippen molar-refractivity contribution in [3.63, 3.8) is 0 Å². The maximum absolute atomic E-state index is 13.0. The van der Waals surface area contributed by atoms with Gasteiger partial charge in [0.05, 0.1) is 19.1 Å². The van der Waals surface area contributed by atoms with Crippen LogP contribution in [0.3, 0.4) is 0 Å². The van der Waals surface area contributed by atoms with Gasteiger partial charge < -0.3 is 14.7 Å². The van der Waals surface area contributed by atoms with Crippen molar-refractivity contribution < 1.29 is 14.6 Å². The van der Waals surface area contributed by atoms with Gasteiger partial charge in [0, 0.05) is 6.54 Å². The van der Waals surface area contributed by atoms with Crippen LogP contribution in [0.4, 0.5) is 0 Å². The molecule has 0 saturated heterocycles. The Balaban J connectivity index is 3.91. The topological polar surface area (TPSA) is 49.8 Å². The lowest BCUT2D eigenvalue weighted by Gasteiger charge is -2.21. The summed E-state index contributed by atoms with van der Waals surface area (Å²) < 4.78 is 5.82. The van der Waals surface area contributed by atoms with Gasteiger partial charge in [-0.2, -0.15) is 0 Å². The Morgan fingerprint density at radius 3 is 1.29 bits per heavy atom. The molecule has 49 heavy (non-hydrogen) atoms. The largest absolute Gasteiger partial charge is 0.465 e. The monoisotopic (exact) mass is 692 g/mol. The lowest BCUT2D eigenvalue weighted by molar-refractivity contribution is -0.149. The number of nitrogens with zero attached hydrogens (tertiary/aromatic N) is 1. The lowest BCUT2D eigenvalue weighted by Crippen LogP contribution is -2.29. The van der Waals surface area contributed by atoms with Crippen molar-refractivity contribution in [1.29, 1.82) is 0 Å². The average Bonchev–Trinajstić information content (AvgIpc) is 3.10. The highest BCUT2D eigenvalue weighted by molar-refractivity contribution is 5.72. The molecule has 4 heteroatoms. The van der Waals surface area contributed by atoms with Crippen molar-refractivity contribution >= 4 is 5.97 Å². The molecular weight excluding hydrogens is 602 g/mol. The maximum atomic E-state index is 13.0. The third kappa shape index (κ3) is 36.7. The number of ether oxygens (including phenoxy) is 1. The minimum absolute atomic E-state index is 0.0769. The SMILES string of the molecule is CCCCCCCC/C=C\CCCCCCCCN(CCO)CCCCCCCOC(=O)C(CCCCCCCC)CCCCCCCC. The third-order valence-corrected chi connectivity index (χ3v) is 10.4. The minimum Gasteiger partial charge on any atom is -0.465 e. The number of carbonyl (C=O) groups excluding carboxylic acids is 1. The zero-order chi connectivity index (χ0) is 35.7. The van der Waals surface area contributed by atoms with Crippen molar-refractivity contribution in [2.24, 2.45) is 5.92 Å². The zero-order valence-electron chi connectivity index (χ0n) is 33.8. The molecule has 0 rings (SSSR count). The van der Waals surface area contributed by atoms with E-state index in [9.17, 15) is 9.90 Å². The highest BCUT2D eigenvalue weighted by atomic mass is 16.5. The summed E-state index contributed by atoms with van der Waals surface area (Å²) in [6.45, 7) is 10.7. The van der Waals surface area contributed by atoms with Crippen molar-refractivity contribution in [2.75, 3.05) is 32.8 Å². The van der Waals surface area contributed by atoms with Crippen molar-refractivity contribution in [2.45, 2.75) is 233 Å². The molecule has 0 bridgehead atoms. The summed E-state index contributed by atoms with van der Waals surface area (Å²) in [5.74, 6) is 0.189. The number of rotatable bonds is 41. The first-order valence-corrected chi connectivity index (χ1v) is 22.3. The van der Waals surface area contributed by atoms with Crippen LogP contribution in [0.2, 0.25) is 0 Å². The molecule has 0 saturated carbocycles. The fourth-order valence-electron chi connectivity index (χ4n) is 7.04. The fraction of sp³-hybridized carbons (Fsp3) is 0.933. The normalized spacial score (nSPS) is 11.9. The second kappa shape index (κ2) is 41.5. The molecule has 0 aliphatic rings. The van der Waals surface area contributed by atoms with Crippen LogP contribution in [0.15, 0.2) is 12.2 Å². The summed E-state index contributed by atoms with van der Waals surface area (Å²) in [7, 11) is 0. The minimum atomic E-state index is 0.0769. The first-order valence-electron chi connectivity index (χ1n) is 22.3. The number of aliphatic hydroxyl groups excluding tert-OH is 1. The molecule has 0 unspecified atom stereocenters. The van der Waals surface area contributed by atoms with E-state index >= 15 is 0 Å². The second-order valence-corrected chi connectivity index (χ2v) is 15.2. The summed E-state index contributed by atoms with van der Waals surface area (Å²) in [6.07, 6.45) is 46.8. The molecule has 0 heterocycles. The molecule has 0 aliphatic carbocycles. The van der Waals surface area contributed by atoms with Gasteiger partial charge in [0.1, 0.15) is 0 Å². The number of unbranched alkanes of at least 4 members (excludes halogenated alkanes) is 26. The average molecular weight is 692 g/mol. The number of carbonyl (C=O) groups is 1. The fourth-order valence-corrected chi connectivity index (χ4v) is 7.04. The third-order valence-electron chi connectivity index (χ3n) is 10.4. The summed E-state index contributed by atoms with van der Waals surface area (Å²) in [4.78, 5) is 15.4. The van der Waals surface area contributed by atoms with Gasteiger partial charge >= 0.3 is 5.97 Å². The molecule has 0 aromatic carbocycles. The summed E-state index contributed by atoms with van der Waals surface area (Å²) in [5.41, 5.74) is 0. The number of aliphatic hydroxyl groups is 1. The zero-order valence-corrected chi connectivity index (χ0v) is 33.8. The van der Waals surface area contributed by atoms with Gasteiger partial charge in [-0.05, 0) is 70.9 Å². The number of hydrogen-bond donors (Lipinski definition) is 1. The molecule has 0 aliphatic heterocycles. The maximum Gasteiger partial charge on any atom is 0.308 e. The summed E-state index contributed by atoms with van der Waals surface area (Å²) >= 11 is 0. The Bertz CT molecular complexity index is 650. The van der Waals surface area contributed by atoms with Crippen LogP contribution in [0.5, 0.6) is 0 Å². The van der Waals surface area contributed by atoms with E-state index in [1.54, 1.807) is 0 Å². The number of allylic oxidation sites excluding steroid dienone is 2. The van der Waals surface area contributed by atoms with Crippen LogP contribution < -0.4 is 0 Å². The van der Waals surface area contributed by atoms with E-state index in [4.69, 9.17) is 4.74 Å². The number of hydrogen-bond acceptors (Lipinski definition) is 4. The van der Waals surface area contributed by atoms with Gasteiger partial charge in [-0.1, -0.05) is 187 Å². The molecule has 0 aromatic rings. The van der Waals surface area contributed by atoms with Crippen LogP contribution in [0, 0.1) is 5.92 Å². The molecule has 4 nitrogen and oxygen atoms in total. The Morgan fingerprint density at radius 2 is 0.857 bits per heavy atom. The Hall–Kier alpha value is -0.870. The molecule has 0 radical (unpaired) electrons. The van der Waals surface area contributed by atoms with E-state index in [0.29, 0.717) is 6.61 Å². The molecule has 0 aromatic heterocycles. The van der Waals surface area contributed by atoms with Crippen molar-refractivity contribution in [3.8, 4) is 0 Å². The summed E-state index contributed by atoms with van der Waals surface area (Å²) in [5, 5.41) is 9.55. The second-order valence-electron chi connectivity index (χ2n) is 15.2. The Morgan fingerprint density at radius 1 is 0.490 bits per heavy atom. The van der Waals surface area contributed by atoms with Crippen molar-refractivity contribution in [1.82, 2.24) is 4.90 Å². The first kappa shape index (κ1) is 48.1. The highest BCUT2D eigenvalue weighted by Gasteiger charge is 2.19. The Kier molecular flexibility index (Phi) is 40.8. The van der Waals surface area contributed by atoms with Crippen molar-refractivity contribution in [3.05, 3.63) is 12.2 Å². The molecule has 1 N–H and O–H groups in total. The highest BCUT2D eigenvalue weighted by Crippen LogP contribution is 2.21. The lowest BCUT2D eigenvalue weighted by atomic mass is 9.94. The quantitative estimate of drug-likeness (QED) is 0.0394. The van der Waals surface area contributed by atoms with Crippen LogP contribution in [0.1, 0.15) is 233 Å². The van der Waals surface area contributed by atoms with Gasteiger partial charge in [-0.15, -0.1) is 0 Å². The van der Waals surface area contributed by atoms with Gasteiger partial charge in [0.15, 0.2) is 0 Å². The van der Waals surface area contributed by atoms with E-state index in [1.807, 2.05) is 0 Å². The molecule has 0 amide bonds. The van der Waals surface area contributed by atoms with Gasteiger partial charge in [0.25, 0.3) is 0 Å². The van der Waals surface area contributed by atoms with Crippen LogP contribution in [-0.2, 0) is 9.53 Å². The molecule has 0 fully saturated rings. The molecular formula is C45H89NO3. The van der Waals surface area contributed by atoms with E-state index in [-0.39, 0.29) is 18.5 Å². The first-order chi connectivity index (χ1) is 24.2. The van der Waals surface area contributed by atoms with Crippen LogP contribution in [0.25, 0.3) is 0 Å².